The maximum absolute atomic E-state index is 13.3. The monoisotopic (exact) mass is 375 g/mol. The van der Waals surface area contributed by atoms with Crippen LogP contribution in [0.4, 0.5) is 11.4 Å². The summed E-state index contributed by atoms with van der Waals surface area (Å²) in [6.07, 6.45) is 0.210. The minimum absolute atomic E-state index is 0.210. The van der Waals surface area contributed by atoms with E-state index in [1.165, 1.54) is 18.2 Å². The summed E-state index contributed by atoms with van der Waals surface area (Å²) in [5.74, 6) is -0.439. The fourth-order valence-electron chi connectivity index (χ4n) is 3.08. The van der Waals surface area contributed by atoms with Crippen LogP contribution in [0.5, 0.6) is 0 Å². The highest BCUT2D eigenvalue weighted by atomic mass is 32.2. The molecule has 0 aliphatic carbocycles. The third-order valence-electron chi connectivity index (χ3n) is 4.18. The Kier molecular flexibility index (Phi) is 4.64. The molecule has 1 heterocycles. The number of para-hydroxylation sites is 2. The van der Waals surface area contributed by atoms with Crippen molar-refractivity contribution in [1.29, 1.82) is 0 Å². The van der Waals surface area contributed by atoms with Crippen LogP contribution in [0, 0.1) is 10.1 Å². The Morgan fingerprint density at radius 1 is 1.23 bits per heavy atom. The van der Waals surface area contributed by atoms with Gasteiger partial charge in [-0.25, -0.2) is 8.42 Å². The second-order valence-electron chi connectivity index (χ2n) is 5.77. The molecule has 136 valence electrons. The number of anilines is 1. The van der Waals surface area contributed by atoms with E-state index in [0.717, 1.165) is 10.4 Å². The van der Waals surface area contributed by atoms with Crippen LogP contribution in [0.25, 0.3) is 0 Å². The number of likely N-dealkylation sites (N-methyl/N-ethyl adjacent to an activating group) is 1. The molecule has 8 nitrogen and oxygen atoms in total. The molecule has 0 radical (unpaired) electrons. The number of nitrogens with zero attached hydrogens (tertiary/aromatic N) is 2. The van der Waals surface area contributed by atoms with Crippen LogP contribution in [-0.4, -0.2) is 31.8 Å². The number of fused-ring (bicyclic) bond motifs is 1. The summed E-state index contributed by atoms with van der Waals surface area (Å²) in [6, 6.07) is 10.9. The first-order chi connectivity index (χ1) is 12.4. The molecule has 1 amide bonds. The maximum Gasteiger partial charge on any atom is 0.289 e. The van der Waals surface area contributed by atoms with Crippen molar-refractivity contribution < 1.29 is 18.1 Å². The topological polar surface area (TPSA) is 110 Å². The van der Waals surface area contributed by atoms with Gasteiger partial charge in [-0.05, 0) is 24.6 Å². The van der Waals surface area contributed by atoms with Gasteiger partial charge in [-0.3, -0.25) is 19.2 Å². The summed E-state index contributed by atoms with van der Waals surface area (Å²) in [6.45, 7) is 2.09. The van der Waals surface area contributed by atoms with Gasteiger partial charge < -0.3 is 5.32 Å². The van der Waals surface area contributed by atoms with Gasteiger partial charge in [-0.1, -0.05) is 30.3 Å². The van der Waals surface area contributed by atoms with E-state index in [0.29, 0.717) is 17.8 Å². The number of hydrogen-bond acceptors (Lipinski definition) is 5. The fourth-order valence-corrected chi connectivity index (χ4v) is 4.89. The van der Waals surface area contributed by atoms with Crippen LogP contribution in [-0.2, 0) is 21.2 Å². The van der Waals surface area contributed by atoms with Crippen molar-refractivity contribution in [3.05, 3.63) is 64.2 Å². The number of carbonyl (C=O) groups excluding carboxylic acids is 1. The predicted octanol–water partition coefficient (Wildman–Crippen LogP) is 1.85. The standard InChI is InChI=1S/C17H17N3O5S/c1-2-18-17(21)15-11-12-7-3-4-8-13(12)19(15)26(24,25)16-10-6-5-9-14(16)20(22)23/h3-10,15H,2,11H2,1H3,(H,18,21). The number of hydrogen-bond donors (Lipinski definition) is 1. The number of amides is 1. The lowest BCUT2D eigenvalue weighted by atomic mass is 10.1. The van der Waals surface area contributed by atoms with E-state index in [1.54, 1.807) is 31.2 Å². The molecule has 0 fully saturated rings. The molecule has 0 spiro atoms. The Bertz CT molecular complexity index is 974. The third-order valence-corrected chi connectivity index (χ3v) is 6.05. The Morgan fingerprint density at radius 3 is 2.58 bits per heavy atom. The van der Waals surface area contributed by atoms with Gasteiger partial charge in [0.25, 0.3) is 15.7 Å². The third kappa shape index (κ3) is 2.90. The van der Waals surface area contributed by atoms with Crippen molar-refractivity contribution in [2.24, 2.45) is 0 Å². The molecular weight excluding hydrogens is 358 g/mol. The zero-order valence-electron chi connectivity index (χ0n) is 14.0. The number of rotatable bonds is 5. The highest BCUT2D eigenvalue weighted by Gasteiger charge is 2.44. The molecule has 26 heavy (non-hydrogen) atoms. The van der Waals surface area contributed by atoms with Gasteiger partial charge in [0.15, 0.2) is 4.90 Å². The molecule has 3 rings (SSSR count). The van der Waals surface area contributed by atoms with Crippen LogP contribution in [0.2, 0.25) is 0 Å². The Labute approximate surface area is 150 Å². The van der Waals surface area contributed by atoms with Crippen LogP contribution in [0.15, 0.2) is 53.4 Å². The fraction of sp³-hybridized carbons (Fsp3) is 0.235. The van der Waals surface area contributed by atoms with E-state index >= 15 is 0 Å². The maximum atomic E-state index is 13.3. The zero-order chi connectivity index (χ0) is 18.9. The Morgan fingerprint density at radius 2 is 1.88 bits per heavy atom. The summed E-state index contributed by atoms with van der Waals surface area (Å²) in [4.78, 5) is 22.6. The van der Waals surface area contributed by atoms with Crippen molar-refractivity contribution in [2.45, 2.75) is 24.3 Å². The van der Waals surface area contributed by atoms with E-state index in [-0.39, 0.29) is 6.42 Å². The minimum Gasteiger partial charge on any atom is -0.355 e. The predicted molar refractivity (Wildman–Crippen MR) is 95.4 cm³/mol. The van der Waals surface area contributed by atoms with Crippen molar-refractivity contribution in [1.82, 2.24) is 5.32 Å². The van der Waals surface area contributed by atoms with E-state index in [2.05, 4.69) is 5.32 Å². The molecule has 1 aliphatic heterocycles. The zero-order valence-corrected chi connectivity index (χ0v) is 14.8. The van der Waals surface area contributed by atoms with Gasteiger partial charge in [0, 0.05) is 19.0 Å². The van der Waals surface area contributed by atoms with Crippen molar-refractivity contribution in [3.63, 3.8) is 0 Å². The molecule has 1 N–H and O–H groups in total. The summed E-state index contributed by atoms with van der Waals surface area (Å²) in [5, 5.41) is 13.9. The smallest absolute Gasteiger partial charge is 0.289 e. The molecule has 1 unspecified atom stereocenters. The number of nitrogens with one attached hydrogen (secondary N) is 1. The van der Waals surface area contributed by atoms with Crippen molar-refractivity contribution >= 4 is 27.3 Å². The number of benzene rings is 2. The molecule has 0 aromatic heterocycles. The second kappa shape index (κ2) is 6.75. The van der Waals surface area contributed by atoms with Crippen LogP contribution >= 0.6 is 0 Å². The van der Waals surface area contributed by atoms with Gasteiger partial charge in [0.05, 0.1) is 10.6 Å². The van der Waals surface area contributed by atoms with Crippen molar-refractivity contribution in [3.8, 4) is 0 Å². The van der Waals surface area contributed by atoms with Crippen LogP contribution in [0.1, 0.15) is 12.5 Å². The summed E-state index contributed by atoms with van der Waals surface area (Å²) in [7, 11) is -4.31. The quantitative estimate of drug-likeness (QED) is 0.633. The van der Waals surface area contributed by atoms with Crippen LogP contribution in [0.3, 0.4) is 0 Å². The first-order valence-corrected chi connectivity index (χ1v) is 9.45. The molecule has 1 aliphatic rings. The highest BCUT2D eigenvalue weighted by molar-refractivity contribution is 7.93. The largest absolute Gasteiger partial charge is 0.355 e. The SMILES string of the molecule is CCNC(=O)C1Cc2ccccc2N1S(=O)(=O)c1ccccc1[N+](=O)[O-]. The van der Waals surface area contributed by atoms with E-state index < -0.39 is 37.5 Å². The lowest BCUT2D eigenvalue weighted by molar-refractivity contribution is -0.387. The molecule has 0 saturated carbocycles. The number of nitro groups is 1. The second-order valence-corrected chi connectivity index (χ2v) is 7.55. The molecular formula is C17H17N3O5S. The number of nitro benzene ring substituents is 1. The lowest BCUT2D eigenvalue weighted by Crippen LogP contribution is -2.48. The molecule has 0 bridgehead atoms. The normalized spacial score (nSPS) is 16.2. The first kappa shape index (κ1) is 17.9. The molecule has 2 aromatic rings. The average molecular weight is 375 g/mol. The minimum atomic E-state index is -4.31. The van der Waals surface area contributed by atoms with E-state index in [4.69, 9.17) is 0 Å². The average Bonchev–Trinajstić information content (AvgIpc) is 3.02. The molecule has 9 heteroatoms. The lowest BCUT2D eigenvalue weighted by Gasteiger charge is -2.26. The molecule has 1 atom stereocenters. The summed E-state index contributed by atoms with van der Waals surface area (Å²) < 4.78 is 27.6. The van der Waals surface area contributed by atoms with Gasteiger partial charge in [-0.15, -0.1) is 0 Å². The van der Waals surface area contributed by atoms with E-state index in [1.807, 2.05) is 0 Å². The molecule has 0 saturated heterocycles. The molecule has 2 aromatic carbocycles. The highest BCUT2D eigenvalue weighted by Crippen LogP contribution is 2.38. The number of sulfonamides is 1. The number of carbonyl (C=O) groups is 1. The Hall–Kier alpha value is -2.94. The van der Waals surface area contributed by atoms with Crippen LogP contribution < -0.4 is 9.62 Å². The van der Waals surface area contributed by atoms with E-state index in [9.17, 15) is 23.3 Å². The van der Waals surface area contributed by atoms with Gasteiger partial charge in [0.1, 0.15) is 6.04 Å². The van der Waals surface area contributed by atoms with Crippen molar-refractivity contribution in [2.75, 3.05) is 10.8 Å². The Balaban J connectivity index is 2.17. The van der Waals surface area contributed by atoms with Gasteiger partial charge >= 0.3 is 0 Å². The summed E-state index contributed by atoms with van der Waals surface area (Å²) in [5.41, 5.74) is 0.541. The first-order valence-electron chi connectivity index (χ1n) is 8.01. The van der Waals surface area contributed by atoms with Gasteiger partial charge in [-0.2, -0.15) is 0 Å². The van der Waals surface area contributed by atoms with Gasteiger partial charge in [0.2, 0.25) is 5.91 Å². The summed E-state index contributed by atoms with van der Waals surface area (Å²) >= 11 is 0.